The molecular formula is C18H19ClFN5O2S. The second-order valence-electron chi connectivity index (χ2n) is 6.67. The third kappa shape index (κ3) is 3.81. The Hall–Kier alpha value is -2.65. The first-order valence-electron chi connectivity index (χ1n) is 8.19. The number of carbonyl (C=O) groups excluding carboxylic acids is 1. The van der Waals surface area contributed by atoms with Gasteiger partial charge in [0.1, 0.15) is 17.1 Å². The van der Waals surface area contributed by atoms with Crippen LogP contribution in [0.15, 0.2) is 41.5 Å². The first-order valence-corrected chi connectivity index (χ1v) is 10.4. The third-order valence-corrected chi connectivity index (χ3v) is 6.88. The van der Waals surface area contributed by atoms with Crippen LogP contribution in [-0.4, -0.2) is 44.0 Å². The van der Waals surface area contributed by atoms with Gasteiger partial charge in [-0.2, -0.15) is 0 Å². The van der Waals surface area contributed by atoms with E-state index >= 15 is 0 Å². The lowest BCUT2D eigenvalue weighted by atomic mass is 9.93. The molecule has 1 unspecified atom stereocenters. The van der Waals surface area contributed by atoms with Crippen molar-refractivity contribution in [2.24, 2.45) is 10.7 Å². The van der Waals surface area contributed by atoms with E-state index in [1.54, 1.807) is 13.0 Å². The van der Waals surface area contributed by atoms with Crippen LogP contribution in [0.25, 0.3) is 0 Å². The maximum absolute atomic E-state index is 14.6. The summed E-state index contributed by atoms with van der Waals surface area (Å²) in [6.07, 6.45) is 1.36. The van der Waals surface area contributed by atoms with E-state index < -0.39 is 27.0 Å². The van der Waals surface area contributed by atoms with Gasteiger partial charge in [0.05, 0.1) is 20.5 Å². The number of aliphatic imine (C=N–C) groups is 1. The minimum Gasteiger partial charge on any atom is -0.369 e. The molecule has 0 bridgehead atoms. The summed E-state index contributed by atoms with van der Waals surface area (Å²) in [5.41, 5.74) is 5.32. The molecule has 0 radical (unpaired) electrons. The Morgan fingerprint density at radius 2 is 2.14 bits per heavy atom. The van der Waals surface area contributed by atoms with Crippen LogP contribution < -0.4 is 11.1 Å². The van der Waals surface area contributed by atoms with Crippen LogP contribution in [0.2, 0.25) is 5.02 Å². The molecule has 28 heavy (non-hydrogen) atoms. The zero-order chi connectivity index (χ0) is 20.7. The Bertz CT molecular complexity index is 1070. The van der Waals surface area contributed by atoms with E-state index in [-0.39, 0.29) is 23.0 Å². The van der Waals surface area contributed by atoms with Gasteiger partial charge in [0.25, 0.3) is 5.91 Å². The molecule has 2 atom stereocenters. The number of benzene rings is 1. The molecule has 3 N–H and O–H groups in total. The number of hydrogen-bond donors (Lipinski definition) is 2. The predicted octanol–water partition coefficient (Wildman–Crippen LogP) is 2.23. The van der Waals surface area contributed by atoms with Crippen LogP contribution in [0.4, 0.5) is 10.1 Å². The number of anilines is 1. The number of guanidine groups is 1. The minimum absolute atomic E-state index is 0.00736. The van der Waals surface area contributed by atoms with Crippen molar-refractivity contribution in [3.05, 3.63) is 58.6 Å². The number of nitrogens with one attached hydrogen (secondary N) is 1. The van der Waals surface area contributed by atoms with Crippen molar-refractivity contribution < 1.29 is 13.4 Å². The summed E-state index contributed by atoms with van der Waals surface area (Å²) in [6.45, 7) is 1.63. The number of rotatable bonds is 3. The molecule has 10 heteroatoms. The molecule has 148 valence electrons. The molecule has 1 aliphatic rings. The van der Waals surface area contributed by atoms with Gasteiger partial charge in [-0.15, -0.1) is 0 Å². The van der Waals surface area contributed by atoms with Gasteiger partial charge in [-0.1, -0.05) is 11.6 Å². The molecule has 0 spiro atoms. The SMILES string of the molecule is C=S1(=O)C[C@@](C)(c2cc(NC(=O)c3ccc(Cl)cn3)ccc2F)N=C(N)N1C. The number of amides is 1. The topological polar surface area (TPSA) is 101 Å². The summed E-state index contributed by atoms with van der Waals surface area (Å²) in [4.78, 5) is 20.6. The molecule has 7 nitrogen and oxygen atoms in total. The second-order valence-corrected chi connectivity index (χ2v) is 9.49. The molecule has 1 amide bonds. The predicted molar refractivity (Wildman–Crippen MR) is 110 cm³/mol. The number of nitrogens with zero attached hydrogens (tertiary/aromatic N) is 3. The van der Waals surface area contributed by atoms with Crippen molar-refractivity contribution in [3.8, 4) is 0 Å². The molecule has 2 aromatic rings. The number of carbonyl (C=O) groups is 1. The summed E-state index contributed by atoms with van der Waals surface area (Å²) in [5, 5.41) is 3.06. The number of aromatic nitrogens is 1. The second kappa shape index (κ2) is 7.06. The normalized spacial score (nSPS) is 24.6. The van der Waals surface area contributed by atoms with Crippen molar-refractivity contribution >= 4 is 44.7 Å². The molecule has 1 aromatic heterocycles. The van der Waals surface area contributed by atoms with E-state index in [2.05, 4.69) is 21.2 Å². The van der Waals surface area contributed by atoms with Crippen LogP contribution in [0, 0.1) is 5.82 Å². The van der Waals surface area contributed by atoms with Crippen LogP contribution in [0.3, 0.4) is 0 Å². The van der Waals surface area contributed by atoms with Crippen LogP contribution in [0.5, 0.6) is 0 Å². The fourth-order valence-electron chi connectivity index (χ4n) is 2.92. The fraction of sp³-hybridized carbons (Fsp3) is 0.222. The van der Waals surface area contributed by atoms with Gasteiger partial charge in [0.15, 0.2) is 0 Å². The molecule has 1 aliphatic heterocycles. The number of nitrogens with two attached hydrogens (primary N) is 1. The van der Waals surface area contributed by atoms with Crippen molar-refractivity contribution in [1.29, 1.82) is 0 Å². The standard InChI is InChI=1S/C18H19ClFN5O2S/c1-18(10-28(3,27)25(2)17(21)24-18)13-8-12(5-6-14(13)20)23-16(26)15-7-4-11(19)9-22-15/h4-9H,3,10H2,1-2H3,(H2,21,24)(H,23,26)/t18-,28?/m0/s1. The molecule has 0 saturated carbocycles. The molecule has 2 heterocycles. The molecule has 0 saturated heterocycles. The van der Waals surface area contributed by atoms with Crippen molar-refractivity contribution in [2.45, 2.75) is 12.5 Å². The van der Waals surface area contributed by atoms with Crippen molar-refractivity contribution in [2.75, 3.05) is 18.1 Å². The highest BCUT2D eigenvalue weighted by atomic mass is 35.5. The zero-order valence-electron chi connectivity index (χ0n) is 15.3. The van der Waals surface area contributed by atoms with Gasteiger partial charge in [0.2, 0.25) is 5.96 Å². The van der Waals surface area contributed by atoms with E-state index in [0.717, 1.165) is 0 Å². The largest absolute Gasteiger partial charge is 0.369 e. The van der Waals surface area contributed by atoms with E-state index in [1.807, 2.05) is 0 Å². The fourth-order valence-corrected chi connectivity index (χ4v) is 4.71. The Kier molecular flexibility index (Phi) is 5.07. The third-order valence-electron chi connectivity index (χ3n) is 4.45. The van der Waals surface area contributed by atoms with Crippen LogP contribution >= 0.6 is 11.6 Å². The molecule has 3 rings (SSSR count). The first kappa shape index (κ1) is 20.1. The lowest BCUT2D eigenvalue weighted by molar-refractivity contribution is 0.102. The van der Waals surface area contributed by atoms with E-state index in [4.69, 9.17) is 17.3 Å². The number of halogens is 2. The molecular weight excluding hydrogens is 405 g/mol. The quantitative estimate of drug-likeness (QED) is 0.739. The van der Waals surface area contributed by atoms with Gasteiger partial charge < -0.3 is 11.1 Å². The maximum atomic E-state index is 14.6. The zero-order valence-corrected chi connectivity index (χ0v) is 16.9. The highest BCUT2D eigenvalue weighted by Crippen LogP contribution is 2.34. The summed E-state index contributed by atoms with van der Waals surface area (Å²) < 4.78 is 28.7. The van der Waals surface area contributed by atoms with E-state index in [1.165, 1.54) is 41.8 Å². The summed E-state index contributed by atoms with van der Waals surface area (Å²) >= 11 is 5.77. The summed E-state index contributed by atoms with van der Waals surface area (Å²) in [7, 11) is -1.24. The highest BCUT2D eigenvalue weighted by Gasteiger charge is 2.38. The molecule has 0 fully saturated rings. The van der Waals surface area contributed by atoms with Gasteiger partial charge in [-0.25, -0.2) is 18.6 Å². The Balaban J connectivity index is 1.96. The summed E-state index contributed by atoms with van der Waals surface area (Å²) in [5.74, 6) is 2.66. The van der Waals surface area contributed by atoms with E-state index in [9.17, 15) is 13.4 Å². The average Bonchev–Trinajstić information content (AvgIpc) is 2.61. The molecule has 1 aromatic carbocycles. The monoisotopic (exact) mass is 423 g/mol. The van der Waals surface area contributed by atoms with Crippen molar-refractivity contribution in [1.82, 2.24) is 9.29 Å². The van der Waals surface area contributed by atoms with E-state index in [0.29, 0.717) is 10.7 Å². The molecule has 0 aliphatic carbocycles. The Morgan fingerprint density at radius 1 is 1.43 bits per heavy atom. The first-order chi connectivity index (χ1) is 13.0. The van der Waals surface area contributed by atoms with Gasteiger partial charge >= 0.3 is 0 Å². The van der Waals surface area contributed by atoms with Gasteiger partial charge in [-0.05, 0) is 43.1 Å². The van der Waals surface area contributed by atoms with Crippen molar-refractivity contribution in [3.63, 3.8) is 0 Å². The summed E-state index contributed by atoms with van der Waals surface area (Å²) in [6, 6.07) is 7.09. The highest BCUT2D eigenvalue weighted by molar-refractivity contribution is 7.98. The average molecular weight is 424 g/mol. The maximum Gasteiger partial charge on any atom is 0.274 e. The number of hydrogen-bond acceptors (Lipinski definition) is 5. The number of pyridine rings is 1. The lowest BCUT2D eigenvalue weighted by Gasteiger charge is -2.37. The van der Waals surface area contributed by atoms with Gasteiger partial charge in [0, 0.05) is 24.5 Å². The Morgan fingerprint density at radius 3 is 2.75 bits per heavy atom. The smallest absolute Gasteiger partial charge is 0.274 e. The van der Waals surface area contributed by atoms with Gasteiger partial charge in [-0.3, -0.25) is 9.10 Å². The minimum atomic E-state index is -2.77. The van der Waals surface area contributed by atoms with Crippen LogP contribution in [0.1, 0.15) is 23.0 Å². The van der Waals surface area contributed by atoms with Crippen LogP contribution in [-0.2, 0) is 15.2 Å². The Labute approximate surface area is 167 Å². The lowest BCUT2D eigenvalue weighted by Crippen LogP contribution is -2.50.